The SMILES string of the molecule is C=C(/C=C1/C(=O)N(c2ccc(C(C)C(=O)O)cc2)C/C1=C/C)C(C)C. The minimum atomic E-state index is -0.862. The molecule has 1 N–H and O–H groups in total. The third-order valence-corrected chi connectivity index (χ3v) is 4.64. The molecular weight excluding hydrogens is 314 g/mol. The minimum Gasteiger partial charge on any atom is -0.481 e. The number of nitrogens with zero attached hydrogens (tertiary/aromatic N) is 1. The van der Waals surface area contributed by atoms with Crippen molar-refractivity contribution in [2.75, 3.05) is 11.4 Å². The number of amides is 1. The van der Waals surface area contributed by atoms with Gasteiger partial charge in [0.05, 0.1) is 12.5 Å². The van der Waals surface area contributed by atoms with E-state index in [1.165, 1.54) is 0 Å². The van der Waals surface area contributed by atoms with E-state index in [1.807, 2.05) is 32.9 Å². The van der Waals surface area contributed by atoms with Crippen LogP contribution in [0, 0.1) is 5.92 Å². The van der Waals surface area contributed by atoms with Crippen molar-refractivity contribution >= 4 is 17.6 Å². The second-order valence-electron chi connectivity index (χ2n) is 6.64. The largest absolute Gasteiger partial charge is 0.481 e. The summed E-state index contributed by atoms with van der Waals surface area (Å²) in [7, 11) is 0. The normalized spacial score (nSPS) is 19.1. The molecule has 25 heavy (non-hydrogen) atoms. The Labute approximate surface area is 149 Å². The predicted octanol–water partition coefficient (Wildman–Crippen LogP) is 4.31. The van der Waals surface area contributed by atoms with E-state index in [9.17, 15) is 9.59 Å². The molecule has 1 aliphatic heterocycles. The first-order chi connectivity index (χ1) is 11.8. The molecule has 0 radical (unpaired) electrons. The highest BCUT2D eigenvalue weighted by Gasteiger charge is 2.31. The van der Waals surface area contributed by atoms with Crippen LogP contribution in [0.25, 0.3) is 0 Å². The molecule has 0 aliphatic carbocycles. The quantitative estimate of drug-likeness (QED) is 0.814. The highest BCUT2D eigenvalue weighted by Crippen LogP contribution is 2.31. The van der Waals surface area contributed by atoms with Crippen LogP contribution in [0.5, 0.6) is 0 Å². The van der Waals surface area contributed by atoms with E-state index in [1.54, 1.807) is 36.1 Å². The van der Waals surface area contributed by atoms with Gasteiger partial charge in [0.25, 0.3) is 5.91 Å². The van der Waals surface area contributed by atoms with E-state index in [4.69, 9.17) is 5.11 Å². The number of anilines is 1. The molecule has 1 heterocycles. The number of carbonyl (C=O) groups excluding carboxylic acids is 1. The van der Waals surface area contributed by atoms with Crippen LogP contribution < -0.4 is 4.90 Å². The highest BCUT2D eigenvalue weighted by molar-refractivity contribution is 6.13. The number of rotatable bonds is 5. The zero-order valence-electron chi connectivity index (χ0n) is 15.2. The molecule has 1 aromatic rings. The standard InChI is InChI=1S/C21H25NO3/c1-6-16-12-22(20(23)19(16)11-14(4)13(2)3)18-9-7-17(8-10-18)15(5)21(24)25/h6-11,13,15H,4,12H2,1-3,5H3,(H,24,25)/b16-6-,19-11+. The smallest absolute Gasteiger partial charge is 0.310 e. The van der Waals surface area contributed by atoms with Crippen LogP contribution in [-0.2, 0) is 9.59 Å². The Bertz CT molecular complexity index is 754. The van der Waals surface area contributed by atoms with Gasteiger partial charge < -0.3 is 10.0 Å². The van der Waals surface area contributed by atoms with E-state index in [0.29, 0.717) is 12.1 Å². The lowest BCUT2D eigenvalue weighted by Crippen LogP contribution is -2.24. The third kappa shape index (κ3) is 3.90. The van der Waals surface area contributed by atoms with E-state index >= 15 is 0 Å². The van der Waals surface area contributed by atoms with Gasteiger partial charge in [-0.15, -0.1) is 0 Å². The number of hydrogen-bond acceptors (Lipinski definition) is 2. The third-order valence-electron chi connectivity index (χ3n) is 4.64. The van der Waals surface area contributed by atoms with Crippen molar-refractivity contribution in [1.29, 1.82) is 0 Å². The average Bonchev–Trinajstić information content (AvgIpc) is 2.90. The summed E-state index contributed by atoms with van der Waals surface area (Å²) >= 11 is 0. The molecule has 1 saturated heterocycles. The molecule has 0 saturated carbocycles. The van der Waals surface area contributed by atoms with Gasteiger partial charge in [0.2, 0.25) is 0 Å². The maximum atomic E-state index is 12.8. The first-order valence-corrected chi connectivity index (χ1v) is 8.47. The Kier molecular flexibility index (Phi) is 5.62. The molecular formula is C21H25NO3. The van der Waals surface area contributed by atoms with Crippen LogP contribution in [0.3, 0.4) is 0 Å². The number of benzene rings is 1. The molecule has 0 bridgehead atoms. The topological polar surface area (TPSA) is 57.6 Å². The zero-order chi connectivity index (χ0) is 18.7. The van der Waals surface area contributed by atoms with Crippen LogP contribution in [0.2, 0.25) is 0 Å². The summed E-state index contributed by atoms with van der Waals surface area (Å²) in [6.45, 7) is 12.2. The number of hydrogen-bond donors (Lipinski definition) is 1. The Hall–Kier alpha value is -2.62. The lowest BCUT2D eigenvalue weighted by molar-refractivity contribution is -0.138. The van der Waals surface area contributed by atoms with Gasteiger partial charge in [-0.1, -0.05) is 44.2 Å². The fourth-order valence-corrected chi connectivity index (χ4v) is 2.66. The summed E-state index contributed by atoms with van der Waals surface area (Å²) in [6.07, 6.45) is 3.83. The second-order valence-corrected chi connectivity index (χ2v) is 6.64. The van der Waals surface area contributed by atoms with Gasteiger partial charge in [0.1, 0.15) is 0 Å². The molecule has 1 aliphatic rings. The van der Waals surface area contributed by atoms with Crippen LogP contribution in [0.4, 0.5) is 5.69 Å². The van der Waals surface area contributed by atoms with E-state index in [0.717, 1.165) is 22.4 Å². The van der Waals surface area contributed by atoms with Crippen LogP contribution in [0.1, 0.15) is 39.2 Å². The van der Waals surface area contributed by atoms with Gasteiger partial charge in [-0.25, -0.2) is 0 Å². The lowest BCUT2D eigenvalue weighted by atomic mass is 9.99. The number of aliphatic carboxylic acids is 1. The Morgan fingerprint density at radius 3 is 2.32 bits per heavy atom. The molecule has 1 aromatic carbocycles. The lowest BCUT2D eigenvalue weighted by Gasteiger charge is -2.16. The summed E-state index contributed by atoms with van der Waals surface area (Å²) in [5, 5.41) is 9.10. The number of allylic oxidation sites excluding steroid dienone is 3. The maximum absolute atomic E-state index is 12.8. The summed E-state index contributed by atoms with van der Waals surface area (Å²) in [4.78, 5) is 25.6. The number of carbonyl (C=O) groups is 2. The van der Waals surface area contributed by atoms with Gasteiger partial charge in [-0.3, -0.25) is 9.59 Å². The van der Waals surface area contributed by atoms with Crippen molar-refractivity contribution in [3.8, 4) is 0 Å². The second kappa shape index (κ2) is 7.51. The van der Waals surface area contributed by atoms with Crippen molar-refractivity contribution in [2.24, 2.45) is 5.92 Å². The average molecular weight is 339 g/mol. The summed E-state index contributed by atoms with van der Waals surface area (Å²) in [6, 6.07) is 7.15. The molecule has 1 amide bonds. The van der Waals surface area contributed by atoms with E-state index in [2.05, 4.69) is 6.58 Å². The van der Waals surface area contributed by atoms with E-state index < -0.39 is 11.9 Å². The first kappa shape index (κ1) is 18.7. The summed E-state index contributed by atoms with van der Waals surface area (Å²) in [5.74, 6) is -1.20. The molecule has 0 aromatic heterocycles. The van der Waals surface area contributed by atoms with Gasteiger partial charge in [-0.05, 0) is 49.1 Å². The molecule has 4 heteroatoms. The molecule has 1 fully saturated rings. The highest BCUT2D eigenvalue weighted by atomic mass is 16.4. The van der Waals surface area contributed by atoms with Crippen molar-refractivity contribution in [1.82, 2.24) is 0 Å². The number of carboxylic acids is 1. The van der Waals surface area contributed by atoms with Gasteiger partial charge in [0, 0.05) is 11.3 Å². The van der Waals surface area contributed by atoms with Crippen LogP contribution in [-0.4, -0.2) is 23.5 Å². The van der Waals surface area contributed by atoms with Crippen molar-refractivity contribution in [3.05, 3.63) is 65.3 Å². The molecule has 2 rings (SSSR count). The fraction of sp³-hybridized carbons (Fsp3) is 0.333. The Morgan fingerprint density at radius 1 is 1.24 bits per heavy atom. The van der Waals surface area contributed by atoms with E-state index in [-0.39, 0.29) is 11.8 Å². The summed E-state index contributed by atoms with van der Waals surface area (Å²) in [5.41, 5.74) is 4.08. The Morgan fingerprint density at radius 2 is 1.84 bits per heavy atom. The minimum absolute atomic E-state index is 0.0473. The van der Waals surface area contributed by atoms with Gasteiger partial charge >= 0.3 is 5.97 Å². The summed E-state index contributed by atoms with van der Waals surface area (Å²) < 4.78 is 0. The van der Waals surface area contributed by atoms with Crippen molar-refractivity contribution < 1.29 is 14.7 Å². The maximum Gasteiger partial charge on any atom is 0.310 e. The monoisotopic (exact) mass is 339 g/mol. The molecule has 4 nitrogen and oxygen atoms in total. The Balaban J connectivity index is 2.31. The van der Waals surface area contributed by atoms with Gasteiger partial charge in [0.15, 0.2) is 0 Å². The van der Waals surface area contributed by atoms with Crippen molar-refractivity contribution in [2.45, 2.75) is 33.6 Å². The van der Waals surface area contributed by atoms with Crippen molar-refractivity contribution in [3.63, 3.8) is 0 Å². The molecule has 0 spiro atoms. The first-order valence-electron chi connectivity index (χ1n) is 8.47. The zero-order valence-corrected chi connectivity index (χ0v) is 15.2. The number of carboxylic acid groups (broad SMARTS) is 1. The van der Waals surface area contributed by atoms with Gasteiger partial charge in [-0.2, -0.15) is 0 Å². The molecule has 1 atom stereocenters. The molecule has 132 valence electrons. The van der Waals surface area contributed by atoms with Crippen LogP contribution in [0.15, 0.2) is 59.7 Å². The predicted molar refractivity (Wildman–Crippen MR) is 101 cm³/mol. The van der Waals surface area contributed by atoms with Crippen LogP contribution >= 0.6 is 0 Å². The molecule has 1 unspecified atom stereocenters. The fourth-order valence-electron chi connectivity index (χ4n) is 2.66.